The average Bonchev–Trinajstić information content (AvgIpc) is 3.11. The summed E-state index contributed by atoms with van der Waals surface area (Å²) in [5.74, 6) is 0.991. The van der Waals surface area contributed by atoms with Crippen molar-refractivity contribution in [3.63, 3.8) is 0 Å². The average molecular weight is 323 g/mol. The van der Waals surface area contributed by atoms with Crippen LogP contribution in [0.1, 0.15) is 16.3 Å². The van der Waals surface area contributed by atoms with Crippen molar-refractivity contribution in [2.24, 2.45) is 0 Å². The van der Waals surface area contributed by atoms with Gasteiger partial charge in [0.1, 0.15) is 11.6 Å². The third-order valence-electron chi connectivity index (χ3n) is 3.27. The van der Waals surface area contributed by atoms with Gasteiger partial charge in [0.2, 0.25) is 0 Å². The maximum absolute atomic E-state index is 12.2. The second-order valence-corrected chi connectivity index (χ2v) is 5.26. The van der Waals surface area contributed by atoms with Crippen LogP contribution in [-0.2, 0) is 6.54 Å². The Balaban J connectivity index is 1.66. The van der Waals surface area contributed by atoms with Gasteiger partial charge in [0.25, 0.3) is 5.91 Å². The fraction of sp³-hybridized carbons (Fsp3) is 0.188. The number of aromatic nitrogens is 5. The lowest BCUT2D eigenvalue weighted by molar-refractivity contribution is 0.0944. The topological polar surface area (TPSA) is 88.8 Å². The minimum atomic E-state index is -0.323. The van der Waals surface area contributed by atoms with Crippen molar-refractivity contribution in [3.05, 3.63) is 60.3 Å². The first-order valence-electron chi connectivity index (χ1n) is 7.39. The number of amides is 1. The number of carbonyl (C=O) groups is 1. The zero-order valence-corrected chi connectivity index (χ0v) is 13.4. The Morgan fingerprint density at radius 3 is 2.75 bits per heavy atom. The summed E-state index contributed by atoms with van der Waals surface area (Å²) < 4.78 is 0. The molecule has 3 aromatic rings. The zero-order valence-electron chi connectivity index (χ0n) is 13.4. The number of nitrogens with zero attached hydrogens (tertiary/aromatic N) is 6. The molecule has 0 aliphatic heterocycles. The lowest BCUT2D eigenvalue weighted by Gasteiger charge is -2.11. The SMILES string of the molecule is CN(C)c1ccnc(CNC(=O)c2cnn(-c3ccccc3)n2)n1. The van der Waals surface area contributed by atoms with Crippen molar-refractivity contribution >= 4 is 11.7 Å². The number of hydrogen-bond acceptors (Lipinski definition) is 6. The lowest BCUT2D eigenvalue weighted by Crippen LogP contribution is -2.25. The standard InChI is InChI=1S/C16H17N7O/c1-22(2)15-8-9-17-14(20-15)11-18-16(24)13-10-19-23(21-13)12-6-4-3-5-7-12/h3-10H,11H2,1-2H3,(H,18,24). The summed E-state index contributed by atoms with van der Waals surface area (Å²) in [6, 6.07) is 11.2. The molecule has 8 nitrogen and oxygen atoms in total. The monoisotopic (exact) mass is 323 g/mol. The summed E-state index contributed by atoms with van der Waals surface area (Å²) in [6.45, 7) is 0.221. The van der Waals surface area contributed by atoms with Crippen molar-refractivity contribution in [1.29, 1.82) is 0 Å². The van der Waals surface area contributed by atoms with E-state index in [2.05, 4.69) is 25.5 Å². The van der Waals surface area contributed by atoms with Crippen molar-refractivity contribution in [1.82, 2.24) is 30.3 Å². The Morgan fingerprint density at radius 2 is 2.00 bits per heavy atom. The Kier molecular flexibility index (Phi) is 4.46. The third-order valence-corrected chi connectivity index (χ3v) is 3.27. The number of nitrogens with one attached hydrogen (secondary N) is 1. The minimum Gasteiger partial charge on any atom is -0.363 e. The minimum absolute atomic E-state index is 0.221. The normalized spacial score (nSPS) is 10.4. The Morgan fingerprint density at radius 1 is 1.21 bits per heavy atom. The maximum atomic E-state index is 12.2. The van der Waals surface area contributed by atoms with Gasteiger partial charge < -0.3 is 10.2 Å². The summed E-state index contributed by atoms with van der Waals surface area (Å²) in [5, 5.41) is 11.0. The number of para-hydroxylation sites is 1. The molecule has 0 aliphatic carbocycles. The molecule has 0 unspecified atom stereocenters. The van der Waals surface area contributed by atoms with Crippen LogP contribution in [0.2, 0.25) is 0 Å². The van der Waals surface area contributed by atoms with Crippen molar-refractivity contribution < 1.29 is 4.79 Å². The Hall–Kier alpha value is -3.29. The quantitative estimate of drug-likeness (QED) is 0.755. The first-order chi connectivity index (χ1) is 11.6. The highest BCUT2D eigenvalue weighted by atomic mass is 16.2. The van der Waals surface area contributed by atoms with E-state index in [1.807, 2.05) is 49.3 Å². The molecule has 0 fully saturated rings. The Bertz CT molecular complexity index is 829. The maximum Gasteiger partial charge on any atom is 0.273 e. The van der Waals surface area contributed by atoms with E-state index in [1.54, 1.807) is 12.3 Å². The van der Waals surface area contributed by atoms with Gasteiger partial charge in [-0.2, -0.15) is 9.90 Å². The molecule has 0 radical (unpaired) electrons. The molecule has 0 spiro atoms. The molecule has 3 rings (SSSR count). The predicted molar refractivity (Wildman–Crippen MR) is 88.9 cm³/mol. The van der Waals surface area contributed by atoms with Crippen LogP contribution in [-0.4, -0.2) is 45.0 Å². The molecule has 24 heavy (non-hydrogen) atoms. The zero-order chi connectivity index (χ0) is 16.9. The molecule has 2 aromatic heterocycles. The number of carbonyl (C=O) groups excluding carboxylic acids is 1. The van der Waals surface area contributed by atoms with Crippen molar-refractivity contribution in [2.75, 3.05) is 19.0 Å². The van der Waals surface area contributed by atoms with Gasteiger partial charge in [0.15, 0.2) is 5.69 Å². The molecule has 1 N–H and O–H groups in total. The number of rotatable bonds is 5. The summed E-state index contributed by atoms with van der Waals surface area (Å²) in [5.41, 5.74) is 1.03. The van der Waals surface area contributed by atoms with Crippen molar-refractivity contribution in [2.45, 2.75) is 6.54 Å². The molecular formula is C16H17N7O. The molecule has 2 heterocycles. The summed E-state index contributed by atoms with van der Waals surface area (Å²) in [6.07, 6.45) is 3.09. The van der Waals surface area contributed by atoms with Gasteiger partial charge in [0.05, 0.1) is 18.4 Å². The van der Waals surface area contributed by atoms with Gasteiger partial charge in [-0.3, -0.25) is 4.79 Å². The van der Waals surface area contributed by atoms with Gasteiger partial charge in [-0.15, -0.1) is 5.10 Å². The summed E-state index contributed by atoms with van der Waals surface area (Å²) >= 11 is 0. The molecule has 8 heteroatoms. The smallest absolute Gasteiger partial charge is 0.273 e. The van der Waals surface area contributed by atoms with Crippen molar-refractivity contribution in [3.8, 4) is 5.69 Å². The fourth-order valence-electron chi connectivity index (χ4n) is 2.03. The molecule has 1 aromatic carbocycles. The number of anilines is 1. The molecule has 122 valence electrons. The summed E-state index contributed by atoms with van der Waals surface area (Å²) in [4.78, 5) is 24.0. The van der Waals surface area contributed by atoms with Crippen LogP contribution in [0.3, 0.4) is 0 Å². The van der Waals surface area contributed by atoms with E-state index in [0.717, 1.165) is 11.5 Å². The largest absolute Gasteiger partial charge is 0.363 e. The highest BCUT2D eigenvalue weighted by molar-refractivity contribution is 5.91. The van der Waals surface area contributed by atoms with Crippen LogP contribution < -0.4 is 10.2 Å². The highest BCUT2D eigenvalue weighted by Gasteiger charge is 2.12. The van der Waals surface area contributed by atoms with Crippen LogP contribution in [0, 0.1) is 0 Å². The molecule has 0 bridgehead atoms. The van der Waals surface area contributed by atoms with Crippen LogP contribution in [0.25, 0.3) is 5.69 Å². The highest BCUT2D eigenvalue weighted by Crippen LogP contribution is 2.06. The molecule has 1 amide bonds. The molecule has 0 atom stereocenters. The number of hydrogen-bond donors (Lipinski definition) is 1. The van der Waals surface area contributed by atoms with Gasteiger partial charge in [-0.05, 0) is 18.2 Å². The van der Waals surface area contributed by atoms with E-state index < -0.39 is 0 Å². The second kappa shape index (κ2) is 6.86. The molecule has 0 aliphatic rings. The van der Waals surface area contributed by atoms with E-state index in [9.17, 15) is 4.79 Å². The van der Waals surface area contributed by atoms with E-state index in [1.165, 1.54) is 11.0 Å². The number of benzene rings is 1. The molecule has 0 saturated heterocycles. The van der Waals surface area contributed by atoms with Crippen LogP contribution in [0.4, 0.5) is 5.82 Å². The van der Waals surface area contributed by atoms with Crippen LogP contribution >= 0.6 is 0 Å². The summed E-state index contributed by atoms with van der Waals surface area (Å²) in [7, 11) is 3.79. The van der Waals surface area contributed by atoms with Crippen LogP contribution in [0.15, 0.2) is 48.8 Å². The predicted octanol–water partition coefficient (Wildman–Crippen LogP) is 1.05. The Labute approximate surface area is 139 Å². The first kappa shape index (κ1) is 15.6. The van der Waals surface area contributed by atoms with Gasteiger partial charge >= 0.3 is 0 Å². The van der Waals surface area contributed by atoms with Gasteiger partial charge in [-0.25, -0.2) is 9.97 Å². The van der Waals surface area contributed by atoms with E-state index in [-0.39, 0.29) is 18.1 Å². The van der Waals surface area contributed by atoms with E-state index >= 15 is 0 Å². The molecular weight excluding hydrogens is 306 g/mol. The fourth-order valence-corrected chi connectivity index (χ4v) is 2.03. The third kappa shape index (κ3) is 3.54. The van der Waals surface area contributed by atoms with E-state index in [0.29, 0.717) is 5.82 Å². The molecule has 0 saturated carbocycles. The van der Waals surface area contributed by atoms with Crippen LogP contribution in [0.5, 0.6) is 0 Å². The second-order valence-electron chi connectivity index (χ2n) is 5.26. The van der Waals surface area contributed by atoms with E-state index in [4.69, 9.17) is 0 Å². The van der Waals surface area contributed by atoms with Gasteiger partial charge in [-0.1, -0.05) is 18.2 Å². The lowest BCUT2D eigenvalue weighted by atomic mass is 10.3. The van der Waals surface area contributed by atoms with Gasteiger partial charge in [0, 0.05) is 20.3 Å². The first-order valence-corrected chi connectivity index (χ1v) is 7.39.